The van der Waals surface area contributed by atoms with Gasteiger partial charge in [0.2, 0.25) is 0 Å². The summed E-state index contributed by atoms with van der Waals surface area (Å²) in [4.78, 5) is 19.2. The molecule has 5 heteroatoms. The maximum atomic E-state index is 12.2. The van der Waals surface area contributed by atoms with Gasteiger partial charge in [0.15, 0.2) is 0 Å². The molecule has 2 aliphatic rings. The van der Waals surface area contributed by atoms with E-state index in [4.69, 9.17) is 0 Å². The standard InChI is InChI=1S/C17H26N4O/c22-17(18-16-6-2-1-3-7-16)21-14-12-20(13-15-21)11-10-19-8-4-5-9-19/h1-3,6-7H,4-5,8-15H2,(H,18,22). The minimum absolute atomic E-state index is 0.0189. The van der Waals surface area contributed by atoms with Crippen molar-refractivity contribution in [1.29, 1.82) is 0 Å². The molecule has 0 atom stereocenters. The fraction of sp³-hybridized carbons (Fsp3) is 0.588. The van der Waals surface area contributed by atoms with Crippen LogP contribution < -0.4 is 5.32 Å². The summed E-state index contributed by atoms with van der Waals surface area (Å²) in [6.45, 7) is 8.44. The first-order valence-corrected chi connectivity index (χ1v) is 8.37. The molecule has 22 heavy (non-hydrogen) atoms. The molecule has 0 radical (unpaired) electrons. The Morgan fingerprint density at radius 1 is 0.864 bits per heavy atom. The quantitative estimate of drug-likeness (QED) is 0.924. The second-order valence-electron chi connectivity index (χ2n) is 6.17. The molecule has 0 spiro atoms. The van der Waals surface area contributed by atoms with Crippen LogP contribution in [0.4, 0.5) is 10.5 Å². The van der Waals surface area contributed by atoms with Crippen LogP contribution in [0.25, 0.3) is 0 Å². The molecule has 2 fully saturated rings. The summed E-state index contributed by atoms with van der Waals surface area (Å²) in [5, 5.41) is 2.96. The van der Waals surface area contributed by atoms with Crippen molar-refractivity contribution in [2.24, 2.45) is 0 Å². The summed E-state index contributed by atoms with van der Waals surface area (Å²) >= 11 is 0. The van der Waals surface area contributed by atoms with Gasteiger partial charge >= 0.3 is 6.03 Å². The van der Waals surface area contributed by atoms with Crippen LogP contribution >= 0.6 is 0 Å². The third-order valence-electron chi connectivity index (χ3n) is 4.62. The molecule has 0 aromatic heterocycles. The van der Waals surface area contributed by atoms with Gasteiger partial charge in [-0.3, -0.25) is 4.90 Å². The Labute approximate surface area is 132 Å². The number of hydrogen-bond donors (Lipinski definition) is 1. The zero-order chi connectivity index (χ0) is 15.2. The predicted molar refractivity (Wildman–Crippen MR) is 89.1 cm³/mol. The van der Waals surface area contributed by atoms with Gasteiger partial charge < -0.3 is 15.1 Å². The number of para-hydroxylation sites is 1. The van der Waals surface area contributed by atoms with Gasteiger partial charge in [-0.1, -0.05) is 18.2 Å². The van der Waals surface area contributed by atoms with Crippen molar-refractivity contribution in [1.82, 2.24) is 14.7 Å². The number of rotatable bonds is 4. The first-order chi connectivity index (χ1) is 10.8. The summed E-state index contributed by atoms with van der Waals surface area (Å²) in [7, 11) is 0. The van der Waals surface area contributed by atoms with Crippen LogP contribution in [0, 0.1) is 0 Å². The van der Waals surface area contributed by atoms with E-state index in [-0.39, 0.29) is 6.03 Å². The Bertz CT molecular complexity index is 465. The number of urea groups is 1. The van der Waals surface area contributed by atoms with Crippen molar-refractivity contribution >= 4 is 11.7 Å². The van der Waals surface area contributed by atoms with E-state index < -0.39 is 0 Å². The highest BCUT2D eigenvalue weighted by Crippen LogP contribution is 2.10. The minimum Gasteiger partial charge on any atom is -0.322 e. The highest BCUT2D eigenvalue weighted by molar-refractivity contribution is 5.89. The van der Waals surface area contributed by atoms with Crippen LogP contribution in [-0.4, -0.2) is 73.1 Å². The molecule has 2 amide bonds. The molecule has 0 aliphatic carbocycles. The van der Waals surface area contributed by atoms with Gasteiger partial charge in [-0.2, -0.15) is 0 Å². The van der Waals surface area contributed by atoms with E-state index in [9.17, 15) is 4.79 Å². The molecule has 0 unspecified atom stereocenters. The van der Waals surface area contributed by atoms with Gasteiger partial charge in [0.05, 0.1) is 0 Å². The minimum atomic E-state index is 0.0189. The fourth-order valence-corrected chi connectivity index (χ4v) is 3.19. The number of likely N-dealkylation sites (tertiary alicyclic amines) is 1. The molecule has 2 saturated heterocycles. The Hall–Kier alpha value is -1.59. The lowest BCUT2D eigenvalue weighted by molar-refractivity contribution is 0.137. The van der Waals surface area contributed by atoms with Crippen molar-refractivity contribution in [2.45, 2.75) is 12.8 Å². The Kier molecular flexibility index (Phi) is 5.29. The normalized spacial score (nSPS) is 20.3. The van der Waals surface area contributed by atoms with E-state index in [0.29, 0.717) is 0 Å². The van der Waals surface area contributed by atoms with Crippen LogP contribution in [0.3, 0.4) is 0 Å². The average Bonchev–Trinajstić information content (AvgIpc) is 3.08. The number of hydrogen-bond acceptors (Lipinski definition) is 3. The third kappa shape index (κ3) is 4.21. The van der Waals surface area contributed by atoms with E-state index in [1.807, 2.05) is 35.2 Å². The number of carbonyl (C=O) groups excluding carboxylic acids is 1. The molecule has 2 heterocycles. The van der Waals surface area contributed by atoms with Crippen molar-refractivity contribution in [2.75, 3.05) is 57.7 Å². The largest absolute Gasteiger partial charge is 0.322 e. The number of carbonyl (C=O) groups is 1. The van der Waals surface area contributed by atoms with Gasteiger partial charge in [0.1, 0.15) is 0 Å². The molecule has 5 nitrogen and oxygen atoms in total. The summed E-state index contributed by atoms with van der Waals surface area (Å²) in [5.41, 5.74) is 0.865. The number of amides is 2. The number of benzene rings is 1. The van der Waals surface area contributed by atoms with Crippen molar-refractivity contribution in [3.63, 3.8) is 0 Å². The van der Waals surface area contributed by atoms with Gasteiger partial charge in [0.25, 0.3) is 0 Å². The molecule has 0 bridgehead atoms. The van der Waals surface area contributed by atoms with Crippen LogP contribution in [-0.2, 0) is 0 Å². The second-order valence-corrected chi connectivity index (χ2v) is 6.17. The maximum absolute atomic E-state index is 12.2. The van der Waals surface area contributed by atoms with E-state index >= 15 is 0 Å². The van der Waals surface area contributed by atoms with E-state index in [1.165, 1.54) is 32.5 Å². The van der Waals surface area contributed by atoms with Gasteiger partial charge in [-0.15, -0.1) is 0 Å². The first-order valence-electron chi connectivity index (χ1n) is 8.37. The highest BCUT2D eigenvalue weighted by Gasteiger charge is 2.21. The van der Waals surface area contributed by atoms with Crippen LogP contribution in [0.2, 0.25) is 0 Å². The topological polar surface area (TPSA) is 38.8 Å². The zero-order valence-corrected chi connectivity index (χ0v) is 13.2. The van der Waals surface area contributed by atoms with Gasteiger partial charge in [-0.05, 0) is 38.1 Å². The fourth-order valence-electron chi connectivity index (χ4n) is 3.19. The molecule has 1 aromatic carbocycles. The van der Waals surface area contributed by atoms with Crippen molar-refractivity contribution < 1.29 is 4.79 Å². The van der Waals surface area contributed by atoms with Crippen molar-refractivity contribution in [3.8, 4) is 0 Å². The maximum Gasteiger partial charge on any atom is 0.321 e. The molecule has 3 rings (SSSR count). The Morgan fingerprint density at radius 2 is 1.45 bits per heavy atom. The predicted octanol–water partition coefficient (Wildman–Crippen LogP) is 1.93. The zero-order valence-electron chi connectivity index (χ0n) is 13.2. The molecule has 2 aliphatic heterocycles. The molecule has 120 valence electrons. The van der Waals surface area contributed by atoms with Gasteiger partial charge in [0, 0.05) is 45.0 Å². The average molecular weight is 302 g/mol. The summed E-state index contributed by atoms with van der Waals surface area (Å²) < 4.78 is 0. The molecule has 0 saturated carbocycles. The van der Waals surface area contributed by atoms with E-state index in [2.05, 4.69) is 15.1 Å². The van der Waals surface area contributed by atoms with Crippen LogP contribution in [0.1, 0.15) is 12.8 Å². The summed E-state index contributed by atoms with van der Waals surface area (Å²) in [5.74, 6) is 0. The lowest BCUT2D eigenvalue weighted by Crippen LogP contribution is -2.51. The first kappa shape index (κ1) is 15.3. The number of nitrogens with one attached hydrogen (secondary N) is 1. The summed E-state index contributed by atoms with van der Waals surface area (Å²) in [6.07, 6.45) is 2.71. The van der Waals surface area contributed by atoms with Gasteiger partial charge in [-0.25, -0.2) is 4.79 Å². The number of piperazine rings is 1. The van der Waals surface area contributed by atoms with E-state index in [0.717, 1.165) is 38.4 Å². The third-order valence-corrected chi connectivity index (χ3v) is 4.62. The molecular formula is C17H26N4O. The van der Waals surface area contributed by atoms with Crippen molar-refractivity contribution in [3.05, 3.63) is 30.3 Å². The van der Waals surface area contributed by atoms with Crippen LogP contribution in [0.5, 0.6) is 0 Å². The SMILES string of the molecule is O=C(Nc1ccccc1)N1CCN(CCN2CCCC2)CC1. The van der Waals surface area contributed by atoms with E-state index in [1.54, 1.807) is 0 Å². The number of nitrogens with zero attached hydrogens (tertiary/aromatic N) is 3. The summed E-state index contributed by atoms with van der Waals surface area (Å²) in [6, 6.07) is 9.69. The molecule has 1 aromatic rings. The highest BCUT2D eigenvalue weighted by atomic mass is 16.2. The second kappa shape index (κ2) is 7.61. The smallest absolute Gasteiger partial charge is 0.321 e. The number of anilines is 1. The Morgan fingerprint density at radius 3 is 2.09 bits per heavy atom. The Balaban J connectivity index is 1.38. The lowest BCUT2D eigenvalue weighted by atomic mass is 10.3. The lowest BCUT2D eigenvalue weighted by Gasteiger charge is -2.35. The van der Waals surface area contributed by atoms with Crippen LogP contribution in [0.15, 0.2) is 30.3 Å². The monoisotopic (exact) mass is 302 g/mol. The molecule has 1 N–H and O–H groups in total. The molecular weight excluding hydrogens is 276 g/mol.